The van der Waals surface area contributed by atoms with Crippen LogP contribution in [0.4, 0.5) is 0 Å². The van der Waals surface area contributed by atoms with Crippen LogP contribution in [0.25, 0.3) is 10.8 Å². The van der Waals surface area contributed by atoms with E-state index in [0.717, 1.165) is 16.3 Å². The van der Waals surface area contributed by atoms with Gasteiger partial charge >= 0.3 is 0 Å². The summed E-state index contributed by atoms with van der Waals surface area (Å²) in [6, 6.07) is 14.0. The number of nitrogens with zero attached hydrogens (tertiary/aromatic N) is 3. The highest BCUT2D eigenvalue weighted by atomic mass is 32.2. The lowest BCUT2D eigenvalue weighted by Crippen LogP contribution is -2.20. The Kier molecular flexibility index (Phi) is 4.60. The van der Waals surface area contributed by atoms with Crippen molar-refractivity contribution in [3.05, 3.63) is 48.8 Å². The fraction of sp³-hybridized carbons (Fsp3) is 0.250. The number of hydrogen-bond donors (Lipinski definition) is 1. The molecule has 6 heteroatoms. The number of benzene rings is 2. The lowest BCUT2D eigenvalue weighted by molar-refractivity contribution is 0.126. The van der Waals surface area contributed by atoms with E-state index < -0.39 is 6.10 Å². The monoisotopic (exact) mass is 315 g/mol. The van der Waals surface area contributed by atoms with Gasteiger partial charge in [0.25, 0.3) is 0 Å². The van der Waals surface area contributed by atoms with Crippen LogP contribution in [-0.2, 0) is 7.05 Å². The maximum Gasteiger partial charge on any atom is 0.190 e. The minimum absolute atomic E-state index is 0.253. The van der Waals surface area contributed by atoms with Crippen molar-refractivity contribution in [1.29, 1.82) is 0 Å². The molecule has 2 aromatic carbocycles. The van der Waals surface area contributed by atoms with Crippen LogP contribution in [0.5, 0.6) is 5.75 Å². The summed E-state index contributed by atoms with van der Waals surface area (Å²) in [5, 5.41) is 20.9. The molecule has 0 radical (unpaired) electrons. The molecule has 3 rings (SSSR count). The van der Waals surface area contributed by atoms with E-state index in [9.17, 15) is 5.11 Å². The van der Waals surface area contributed by atoms with E-state index in [2.05, 4.69) is 16.3 Å². The second-order valence-corrected chi connectivity index (χ2v) is 6.00. The first-order chi connectivity index (χ1) is 10.7. The van der Waals surface area contributed by atoms with Crippen molar-refractivity contribution >= 4 is 22.5 Å². The molecule has 0 aliphatic carbocycles. The molecule has 0 saturated heterocycles. The smallest absolute Gasteiger partial charge is 0.190 e. The van der Waals surface area contributed by atoms with Gasteiger partial charge in [0.05, 0.1) is 6.10 Å². The number of ether oxygens (including phenoxy) is 1. The van der Waals surface area contributed by atoms with Gasteiger partial charge in [0.1, 0.15) is 18.7 Å². The minimum atomic E-state index is -0.562. The van der Waals surface area contributed by atoms with E-state index in [0.29, 0.717) is 5.75 Å². The Balaban J connectivity index is 1.53. The number of aryl methyl sites for hydroxylation is 1. The second kappa shape index (κ2) is 6.81. The van der Waals surface area contributed by atoms with Crippen LogP contribution in [0, 0.1) is 0 Å². The van der Waals surface area contributed by atoms with E-state index in [4.69, 9.17) is 4.74 Å². The van der Waals surface area contributed by atoms with Crippen molar-refractivity contribution in [2.45, 2.75) is 11.3 Å². The number of aliphatic hydroxyl groups is 1. The maximum absolute atomic E-state index is 10.0. The molecule has 0 aliphatic heterocycles. The number of hydrogen-bond acceptors (Lipinski definition) is 5. The van der Waals surface area contributed by atoms with E-state index in [1.165, 1.54) is 17.1 Å². The van der Waals surface area contributed by atoms with Gasteiger partial charge in [0.15, 0.2) is 5.16 Å². The summed E-state index contributed by atoms with van der Waals surface area (Å²) in [7, 11) is 1.88. The average Bonchev–Trinajstić information content (AvgIpc) is 2.96. The van der Waals surface area contributed by atoms with Gasteiger partial charge in [-0.15, -0.1) is 10.2 Å². The Hall–Kier alpha value is -2.05. The number of rotatable bonds is 6. The fourth-order valence-corrected chi connectivity index (χ4v) is 2.87. The Bertz CT molecular complexity index is 760. The highest BCUT2D eigenvalue weighted by Crippen LogP contribution is 2.21. The summed E-state index contributed by atoms with van der Waals surface area (Å²) in [5.41, 5.74) is 0. The molecule has 22 heavy (non-hydrogen) atoms. The average molecular weight is 315 g/mol. The molecule has 1 atom stereocenters. The van der Waals surface area contributed by atoms with Gasteiger partial charge in [-0.25, -0.2) is 0 Å². The third kappa shape index (κ3) is 3.58. The lowest BCUT2D eigenvalue weighted by atomic mass is 10.1. The molecule has 5 nitrogen and oxygen atoms in total. The van der Waals surface area contributed by atoms with E-state index >= 15 is 0 Å². The first-order valence-corrected chi connectivity index (χ1v) is 7.97. The maximum atomic E-state index is 10.0. The van der Waals surface area contributed by atoms with E-state index in [-0.39, 0.29) is 6.61 Å². The number of fused-ring (bicyclic) bond motifs is 1. The van der Waals surface area contributed by atoms with Gasteiger partial charge in [-0.05, 0) is 22.9 Å². The minimum Gasteiger partial charge on any atom is -0.491 e. The molecule has 3 aromatic rings. The van der Waals surface area contributed by atoms with Gasteiger partial charge in [-0.3, -0.25) is 0 Å². The van der Waals surface area contributed by atoms with Gasteiger partial charge in [-0.1, -0.05) is 42.1 Å². The van der Waals surface area contributed by atoms with Crippen LogP contribution in [0.2, 0.25) is 0 Å². The van der Waals surface area contributed by atoms with Crippen LogP contribution in [-0.4, -0.2) is 38.3 Å². The molecule has 0 amide bonds. The molecule has 1 heterocycles. The second-order valence-electron chi connectivity index (χ2n) is 5.01. The Morgan fingerprint density at radius 2 is 2.05 bits per heavy atom. The highest BCUT2D eigenvalue weighted by molar-refractivity contribution is 7.99. The largest absolute Gasteiger partial charge is 0.491 e. The van der Waals surface area contributed by atoms with Crippen molar-refractivity contribution < 1.29 is 9.84 Å². The predicted molar refractivity (Wildman–Crippen MR) is 87.2 cm³/mol. The van der Waals surface area contributed by atoms with Gasteiger partial charge < -0.3 is 14.4 Å². The molecule has 0 unspecified atom stereocenters. The first kappa shape index (κ1) is 14.9. The molecule has 0 saturated carbocycles. The van der Waals surface area contributed by atoms with Crippen molar-refractivity contribution in [1.82, 2.24) is 14.8 Å². The summed E-state index contributed by atoms with van der Waals surface area (Å²) < 4.78 is 7.49. The number of aromatic nitrogens is 3. The Labute approximate surface area is 132 Å². The van der Waals surface area contributed by atoms with Crippen molar-refractivity contribution in [3.63, 3.8) is 0 Å². The van der Waals surface area contributed by atoms with E-state index in [1.807, 2.05) is 48.0 Å². The summed E-state index contributed by atoms with van der Waals surface area (Å²) in [6.07, 6.45) is 1.08. The molecule has 0 aliphatic rings. The molecule has 0 bridgehead atoms. The quantitative estimate of drug-likeness (QED) is 0.708. The zero-order valence-corrected chi connectivity index (χ0v) is 13.0. The van der Waals surface area contributed by atoms with Crippen LogP contribution >= 0.6 is 11.8 Å². The molecular weight excluding hydrogens is 298 g/mol. The zero-order chi connectivity index (χ0) is 15.4. The standard InChI is InChI=1S/C16H17N3O2S/c1-19-11-17-18-16(19)22-10-14(20)9-21-15-7-6-12-4-2-3-5-13(12)8-15/h2-8,11,14,20H,9-10H2,1H3/t14-/m0/s1. The van der Waals surface area contributed by atoms with Gasteiger partial charge in [-0.2, -0.15) is 0 Å². The molecule has 0 spiro atoms. The molecular formula is C16H17N3O2S. The topological polar surface area (TPSA) is 60.2 Å². The summed E-state index contributed by atoms with van der Waals surface area (Å²) in [6.45, 7) is 0.253. The highest BCUT2D eigenvalue weighted by Gasteiger charge is 2.09. The predicted octanol–water partition coefficient (Wildman–Crippen LogP) is 2.50. The third-order valence-corrected chi connectivity index (χ3v) is 4.42. The van der Waals surface area contributed by atoms with Gasteiger partial charge in [0, 0.05) is 12.8 Å². The summed E-state index contributed by atoms with van der Waals surface area (Å²) in [5.74, 6) is 1.28. The Morgan fingerprint density at radius 1 is 1.23 bits per heavy atom. The van der Waals surface area contributed by atoms with Gasteiger partial charge in [0.2, 0.25) is 0 Å². The SMILES string of the molecule is Cn1cnnc1SC[C@@H](O)COc1ccc2ccccc2c1. The number of aliphatic hydroxyl groups excluding tert-OH is 1. The zero-order valence-electron chi connectivity index (χ0n) is 12.2. The van der Waals surface area contributed by atoms with Crippen molar-refractivity contribution in [2.24, 2.45) is 7.05 Å². The van der Waals surface area contributed by atoms with Crippen molar-refractivity contribution in [2.75, 3.05) is 12.4 Å². The van der Waals surface area contributed by atoms with Crippen LogP contribution in [0.15, 0.2) is 53.9 Å². The molecule has 0 fully saturated rings. The molecule has 1 aromatic heterocycles. The fourth-order valence-electron chi connectivity index (χ4n) is 2.07. The number of thioether (sulfide) groups is 1. The Morgan fingerprint density at radius 3 is 2.82 bits per heavy atom. The normalized spacial score (nSPS) is 12.5. The molecule has 1 N–H and O–H groups in total. The van der Waals surface area contributed by atoms with Crippen LogP contribution in [0.3, 0.4) is 0 Å². The van der Waals surface area contributed by atoms with Crippen LogP contribution < -0.4 is 4.74 Å². The summed E-state index contributed by atoms with van der Waals surface area (Å²) >= 11 is 1.46. The molecule has 114 valence electrons. The lowest BCUT2D eigenvalue weighted by Gasteiger charge is -2.12. The van der Waals surface area contributed by atoms with E-state index in [1.54, 1.807) is 6.33 Å². The first-order valence-electron chi connectivity index (χ1n) is 6.99. The van der Waals surface area contributed by atoms with Crippen LogP contribution in [0.1, 0.15) is 0 Å². The third-order valence-electron chi connectivity index (χ3n) is 3.24. The van der Waals surface area contributed by atoms with Crippen molar-refractivity contribution in [3.8, 4) is 5.75 Å². The summed E-state index contributed by atoms with van der Waals surface area (Å²) in [4.78, 5) is 0.